The normalized spacial score (nSPS) is 11.7. The zero-order valence-corrected chi connectivity index (χ0v) is 13.8. The molecular weight excluding hydrogens is 318 g/mol. The quantitative estimate of drug-likeness (QED) is 0.667. The zero-order chi connectivity index (χ0) is 17.6. The Bertz CT molecular complexity index is 847. The lowest BCUT2D eigenvalue weighted by molar-refractivity contribution is 0.249. The van der Waals surface area contributed by atoms with Gasteiger partial charge in [0, 0.05) is 12.4 Å². The first-order valence-electron chi connectivity index (χ1n) is 7.89. The third-order valence-corrected chi connectivity index (χ3v) is 3.66. The Labute approximate surface area is 145 Å². The van der Waals surface area contributed by atoms with Gasteiger partial charge in [0.15, 0.2) is 0 Å². The molecule has 7 nitrogen and oxygen atoms in total. The lowest BCUT2D eigenvalue weighted by atomic mass is 10.1. The van der Waals surface area contributed by atoms with Crippen LogP contribution in [0.3, 0.4) is 0 Å². The number of anilines is 1. The van der Waals surface area contributed by atoms with Gasteiger partial charge in [-0.05, 0) is 36.8 Å². The zero-order valence-electron chi connectivity index (χ0n) is 13.8. The van der Waals surface area contributed by atoms with Crippen molar-refractivity contribution in [3.63, 3.8) is 0 Å². The van der Waals surface area contributed by atoms with Gasteiger partial charge in [-0.2, -0.15) is 5.10 Å². The van der Waals surface area contributed by atoms with E-state index >= 15 is 0 Å². The molecule has 0 bridgehead atoms. The Morgan fingerprint density at radius 3 is 2.92 bits per heavy atom. The molecule has 3 aromatic rings. The monoisotopic (exact) mass is 337 g/mol. The number of nitrogens with one attached hydrogen (secondary N) is 2. The number of hydrogen-bond acceptors (Lipinski definition) is 4. The van der Waals surface area contributed by atoms with E-state index in [9.17, 15) is 9.90 Å². The Morgan fingerprint density at radius 2 is 2.16 bits per heavy atom. The predicted octanol–water partition coefficient (Wildman–Crippen LogP) is 2.91. The standard InChI is InChI=1S/C18H19N5O2/c1-13(14-5-4-7-17(24)9-14)21-18(25)22-16-10-20-23(12-16)11-15-6-2-3-8-19-15/h2-10,12-13,24H,11H2,1H3,(H2,21,22,25)/t13-/m0/s1. The minimum Gasteiger partial charge on any atom is -0.508 e. The average molecular weight is 337 g/mol. The van der Waals surface area contributed by atoms with E-state index in [0.717, 1.165) is 11.3 Å². The smallest absolute Gasteiger partial charge is 0.319 e. The molecule has 0 unspecified atom stereocenters. The van der Waals surface area contributed by atoms with Crippen molar-refractivity contribution >= 4 is 11.7 Å². The second-order valence-electron chi connectivity index (χ2n) is 5.66. The van der Waals surface area contributed by atoms with Crippen LogP contribution in [0.2, 0.25) is 0 Å². The van der Waals surface area contributed by atoms with Crippen molar-refractivity contribution in [3.8, 4) is 5.75 Å². The fourth-order valence-electron chi connectivity index (χ4n) is 2.41. The second kappa shape index (κ2) is 7.48. The molecule has 1 atom stereocenters. The van der Waals surface area contributed by atoms with Gasteiger partial charge in [0.05, 0.1) is 30.2 Å². The van der Waals surface area contributed by atoms with E-state index in [0.29, 0.717) is 12.2 Å². The van der Waals surface area contributed by atoms with Gasteiger partial charge in [-0.1, -0.05) is 18.2 Å². The van der Waals surface area contributed by atoms with Crippen LogP contribution in [0.5, 0.6) is 5.75 Å². The molecule has 0 saturated heterocycles. The third kappa shape index (κ3) is 4.57. The molecular formula is C18H19N5O2. The minimum absolute atomic E-state index is 0.169. The number of phenolic OH excluding ortho intramolecular Hbond substituents is 1. The van der Waals surface area contributed by atoms with Crippen LogP contribution in [0.15, 0.2) is 61.1 Å². The lowest BCUT2D eigenvalue weighted by Gasteiger charge is -2.14. The molecule has 0 radical (unpaired) electrons. The minimum atomic E-state index is -0.340. The largest absolute Gasteiger partial charge is 0.508 e. The fourth-order valence-corrected chi connectivity index (χ4v) is 2.41. The summed E-state index contributed by atoms with van der Waals surface area (Å²) in [6.45, 7) is 2.38. The highest BCUT2D eigenvalue weighted by molar-refractivity contribution is 5.89. The molecule has 25 heavy (non-hydrogen) atoms. The fraction of sp³-hybridized carbons (Fsp3) is 0.167. The number of hydrogen-bond donors (Lipinski definition) is 3. The molecule has 7 heteroatoms. The van der Waals surface area contributed by atoms with Crippen LogP contribution in [0.1, 0.15) is 24.2 Å². The van der Waals surface area contributed by atoms with E-state index in [1.165, 1.54) is 0 Å². The van der Waals surface area contributed by atoms with Crippen LogP contribution in [-0.2, 0) is 6.54 Å². The van der Waals surface area contributed by atoms with Crippen molar-refractivity contribution in [2.45, 2.75) is 19.5 Å². The Hall–Kier alpha value is -3.35. The predicted molar refractivity (Wildman–Crippen MR) is 94.2 cm³/mol. The maximum absolute atomic E-state index is 12.1. The molecule has 128 valence electrons. The van der Waals surface area contributed by atoms with Crippen LogP contribution < -0.4 is 10.6 Å². The molecule has 1 aromatic carbocycles. The van der Waals surface area contributed by atoms with Crippen LogP contribution in [-0.4, -0.2) is 25.9 Å². The number of pyridine rings is 1. The summed E-state index contributed by atoms with van der Waals surface area (Å²) in [5.74, 6) is 0.169. The van der Waals surface area contributed by atoms with Crippen LogP contribution in [0.4, 0.5) is 10.5 Å². The van der Waals surface area contributed by atoms with Gasteiger partial charge in [0.2, 0.25) is 0 Å². The average Bonchev–Trinajstić information content (AvgIpc) is 3.02. The molecule has 0 spiro atoms. The Morgan fingerprint density at radius 1 is 1.28 bits per heavy atom. The summed E-state index contributed by atoms with van der Waals surface area (Å²) in [6.07, 6.45) is 5.06. The molecule has 0 saturated carbocycles. The Kier molecular flexibility index (Phi) is 4.94. The maximum atomic E-state index is 12.1. The van der Waals surface area contributed by atoms with E-state index in [-0.39, 0.29) is 17.8 Å². The molecule has 2 heterocycles. The molecule has 2 amide bonds. The molecule has 0 aliphatic heterocycles. The van der Waals surface area contributed by atoms with Crippen molar-refractivity contribution in [1.29, 1.82) is 0 Å². The number of nitrogens with zero attached hydrogens (tertiary/aromatic N) is 3. The van der Waals surface area contributed by atoms with Crippen LogP contribution in [0, 0.1) is 0 Å². The Balaban J connectivity index is 1.56. The molecule has 0 aliphatic carbocycles. The van der Waals surface area contributed by atoms with E-state index in [1.807, 2.05) is 31.2 Å². The molecule has 0 fully saturated rings. The highest BCUT2D eigenvalue weighted by Gasteiger charge is 2.11. The highest BCUT2D eigenvalue weighted by atomic mass is 16.3. The summed E-state index contributed by atoms with van der Waals surface area (Å²) >= 11 is 0. The molecule has 3 rings (SSSR count). The number of benzene rings is 1. The van der Waals surface area contributed by atoms with E-state index in [2.05, 4.69) is 20.7 Å². The number of aromatic hydroxyl groups is 1. The van der Waals surface area contributed by atoms with Crippen LogP contribution >= 0.6 is 0 Å². The van der Waals surface area contributed by atoms with Gasteiger partial charge in [0.1, 0.15) is 5.75 Å². The molecule has 3 N–H and O–H groups in total. The van der Waals surface area contributed by atoms with Gasteiger partial charge in [0.25, 0.3) is 0 Å². The number of rotatable bonds is 5. The first-order valence-corrected chi connectivity index (χ1v) is 7.89. The summed E-state index contributed by atoms with van der Waals surface area (Å²) < 4.78 is 1.70. The number of amides is 2. The van der Waals surface area contributed by atoms with Crippen LogP contribution in [0.25, 0.3) is 0 Å². The summed E-state index contributed by atoms with van der Waals surface area (Å²) in [5.41, 5.74) is 2.30. The number of aromatic nitrogens is 3. The van der Waals surface area contributed by atoms with E-state index in [1.54, 1.807) is 41.5 Å². The van der Waals surface area contributed by atoms with Gasteiger partial charge < -0.3 is 15.7 Å². The maximum Gasteiger partial charge on any atom is 0.319 e. The summed E-state index contributed by atoms with van der Waals surface area (Å²) in [4.78, 5) is 16.4. The number of carbonyl (C=O) groups excluding carboxylic acids is 1. The SMILES string of the molecule is C[C@H](NC(=O)Nc1cnn(Cc2ccccn2)c1)c1cccc(O)c1. The van der Waals surface area contributed by atoms with Crippen molar-refractivity contribution in [1.82, 2.24) is 20.1 Å². The van der Waals surface area contributed by atoms with Crippen molar-refractivity contribution in [2.75, 3.05) is 5.32 Å². The van der Waals surface area contributed by atoms with Gasteiger partial charge >= 0.3 is 6.03 Å². The summed E-state index contributed by atoms with van der Waals surface area (Å²) in [5, 5.41) is 19.3. The van der Waals surface area contributed by atoms with Crippen molar-refractivity contribution < 1.29 is 9.90 Å². The van der Waals surface area contributed by atoms with Crippen molar-refractivity contribution in [2.24, 2.45) is 0 Å². The van der Waals surface area contributed by atoms with E-state index < -0.39 is 0 Å². The number of phenols is 1. The van der Waals surface area contributed by atoms with Gasteiger partial charge in [-0.25, -0.2) is 4.79 Å². The topological polar surface area (TPSA) is 92.1 Å². The second-order valence-corrected chi connectivity index (χ2v) is 5.66. The summed E-state index contributed by atoms with van der Waals surface area (Å²) in [6, 6.07) is 11.9. The highest BCUT2D eigenvalue weighted by Crippen LogP contribution is 2.18. The van der Waals surface area contributed by atoms with Crippen molar-refractivity contribution in [3.05, 3.63) is 72.3 Å². The third-order valence-electron chi connectivity index (χ3n) is 3.66. The van der Waals surface area contributed by atoms with Gasteiger partial charge in [-0.15, -0.1) is 0 Å². The summed E-state index contributed by atoms with van der Waals surface area (Å²) in [7, 11) is 0. The first-order chi connectivity index (χ1) is 12.1. The molecule has 2 aromatic heterocycles. The first kappa shape index (κ1) is 16.5. The van der Waals surface area contributed by atoms with E-state index in [4.69, 9.17) is 0 Å². The lowest BCUT2D eigenvalue weighted by Crippen LogP contribution is -2.31. The van der Waals surface area contributed by atoms with Gasteiger partial charge in [-0.3, -0.25) is 9.67 Å². The molecule has 0 aliphatic rings. The number of carbonyl (C=O) groups is 1. The number of urea groups is 1.